The standard InChI is InChI=1S/C23H30N4O4Si/c1-3-29-32(30-4-2,21-9-6-5-7-10-21)31-22(11-20-28-19-8-15-24)23(12-16-25,13-17-26)14-18-27/h5-7,9-10,22H,3-4,8,11-14,19-20H2,1-2H3. The van der Waals surface area contributed by atoms with Gasteiger partial charge >= 0.3 is 8.80 Å². The summed E-state index contributed by atoms with van der Waals surface area (Å²) in [5.41, 5.74) is -1.03. The summed E-state index contributed by atoms with van der Waals surface area (Å²) in [4.78, 5) is 0. The molecule has 1 unspecified atom stereocenters. The van der Waals surface area contributed by atoms with Crippen LogP contribution in [0.3, 0.4) is 0 Å². The molecular weight excluding hydrogens is 424 g/mol. The summed E-state index contributed by atoms with van der Waals surface area (Å²) in [6.45, 7) is 4.89. The van der Waals surface area contributed by atoms with Crippen molar-refractivity contribution in [2.45, 2.75) is 52.1 Å². The SMILES string of the molecule is CCO[Si](OCC)(OC(CCOCCC#N)C(CC#N)(CC#N)CC#N)c1ccccc1. The number of hydrogen-bond donors (Lipinski definition) is 0. The quantitative estimate of drug-likeness (QED) is 0.274. The molecule has 0 aliphatic heterocycles. The summed E-state index contributed by atoms with van der Waals surface area (Å²) in [5, 5.41) is 38.1. The van der Waals surface area contributed by atoms with Gasteiger partial charge in [-0.25, -0.2) is 0 Å². The van der Waals surface area contributed by atoms with E-state index in [4.69, 9.17) is 23.3 Å². The summed E-state index contributed by atoms with van der Waals surface area (Å²) in [5.74, 6) is 0. The van der Waals surface area contributed by atoms with Crippen LogP contribution in [0.25, 0.3) is 0 Å². The second-order valence-corrected chi connectivity index (χ2v) is 9.57. The highest BCUT2D eigenvalue weighted by Gasteiger charge is 2.50. The molecule has 0 bridgehead atoms. The van der Waals surface area contributed by atoms with Crippen molar-refractivity contribution in [3.05, 3.63) is 30.3 Å². The summed E-state index contributed by atoms with van der Waals surface area (Å²) < 4.78 is 24.4. The van der Waals surface area contributed by atoms with Crippen molar-refractivity contribution in [1.29, 1.82) is 21.0 Å². The van der Waals surface area contributed by atoms with E-state index in [1.54, 1.807) is 0 Å². The molecule has 0 heterocycles. The van der Waals surface area contributed by atoms with Crippen LogP contribution in [0, 0.1) is 50.7 Å². The average molecular weight is 455 g/mol. The van der Waals surface area contributed by atoms with Gasteiger partial charge in [-0.15, -0.1) is 0 Å². The molecule has 0 radical (unpaired) electrons. The molecule has 8 nitrogen and oxygen atoms in total. The zero-order valence-electron chi connectivity index (χ0n) is 18.7. The minimum Gasteiger partial charge on any atom is -0.380 e. The van der Waals surface area contributed by atoms with Crippen molar-refractivity contribution in [2.75, 3.05) is 26.4 Å². The first-order chi connectivity index (χ1) is 15.6. The maximum atomic E-state index is 9.52. The molecule has 0 aliphatic rings. The molecule has 0 aromatic heterocycles. The van der Waals surface area contributed by atoms with Gasteiger partial charge in [0.2, 0.25) is 0 Å². The van der Waals surface area contributed by atoms with Gasteiger partial charge in [-0.2, -0.15) is 21.0 Å². The zero-order valence-corrected chi connectivity index (χ0v) is 19.7. The number of benzene rings is 1. The maximum Gasteiger partial charge on any atom is 0.537 e. The fourth-order valence-corrected chi connectivity index (χ4v) is 6.25. The van der Waals surface area contributed by atoms with E-state index in [1.165, 1.54) is 0 Å². The molecule has 170 valence electrons. The van der Waals surface area contributed by atoms with Gasteiger partial charge < -0.3 is 18.0 Å². The highest BCUT2D eigenvalue weighted by Crippen LogP contribution is 2.39. The second kappa shape index (κ2) is 15.1. The Morgan fingerprint density at radius 1 is 0.844 bits per heavy atom. The van der Waals surface area contributed by atoms with Gasteiger partial charge in [-0.3, -0.25) is 0 Å². The lowest BCUT2D eigenvalue weighted by atomic mass is 9.73. The largest absolute Gasteiger partial charge is 0.537 e. The van der Waals surface area contributed by atoms with E-state index in [2.05, 4.69) is 18.2 Å². The molecule has 0 saturated carbocycles. The third-order valence-electron chi connectivity index (χ3n) is 4.95. The average Bonchev–Trinajstić information content (AvgIpc) is 2.79. The molecule has 0 fully saturated rings. The van der Waals surface area contributed by atoms with E-state index in [0.29, 0.717) is 19.6 Å². The van der Waals surface area contributed by atoms with E-state index in [9.17, 15) is 15.8 Å². The van der Waals surface area contributed by atoms with Gasteiger partial charge in [0.1, 0.15) is 0 Å². The molecule has 0 aliphatic carbocycles. The van der Waals surface area contributed by atoms with Crippen LogP contribution in [-0.4, -0.2) is 41.3 Å². The molecule has 1 rings (SSSR count). The van der Waals surface area contributed by atoms with Crippen LogP contribution in [0.4, 0.5) is 0 Å². The molecule has 1 atom stereocenters. The molecule has 1 aromatic carbocycles. The van der Waals surface area contributed by atoms with E-state index < -0.39 is 20.3 Å². The van der Waals surface area contributed by atoms with Gasteiger partial charge in [0.05, 0.1) is 43.4 Å². The molecule has 0 saturated heterocycles. The Bertz CT molecular complexity index is 792. The normalized spacial score (nSPS) is 12.2. The topological polar surface area (TPSA) is 132 Å². The third-order valence-corrected chi connectivity index (χ3v) is 7.93. The van der Waals surface area contributed by atoms with Crippen molar-refractivity contribution in [3.63, 3.8) is 0 Å². The Hall–Kier alpha value is -2.76. The molecular formula is C23H30N4O4Si. The van der Waals surface area contributed by atoms with Gasteiger partial charge in [0.25, 0.3) is 0 Å². The summed E-state index contributed by atoms with van der Waals surface area (Å²) in [6.07, 6.45) is -0.227. The number of rotatable bonds is 16. The Balaban J connectivity index is 3.44. The monoisotopic (exact) mass is 454 g/mol. The Morgan fingerprint density at radius 2 is 1.41 bits per heavy atom. The fourth-order valence-electron chi connectivity index (χ4n) is 3.46. The highest BCUT2D eigenvalue weighted by molar-refractivity contribution is 6.75. The highest BCUT2D eigenvalue weighted by atomic mass is 28.4. The van der Waals surface area contributed by atoms with Crippen molar-refractivity contribution < 1.29 is 18.0 Å². The van der Waals surface area contributed by atoms with Crippen molar-refractivity contribution in [3.8, 4) is 24.3 Å². The second-order valence-electron chi connectivity index (χ2n) is 7.07. The Kier molecular flexibility index (Phi) is 12.9. The number of ether oxygens (including phenoxy) is 1. The van der Waals surface area contributed by atoms with Crippen LogP contribution in [0.1, 0.15) is 46.0 Å². The summed E-state index contributed by atoms with van der Waals surface area (Å²) in [6, 6.07) is 17.8. The van der Waals surface area contributed by atoms with Crippen LogP contribution >= 0.6 is 0 Å². The van der Waals surface area contributed by atoms with Crippen LogP contribution in [0.5, 0.6) is 0 Å². The van der Waals surface area contributed by atoms with E-state index in [1.807, 2.05) is 50.2 Å². The fraction of sp³-hybridized carbons (Fsp3) is 0.565. The Morgan fingerprint density at radius 3 is 1.88 bits per heavy atom. The van der Waals surface area contributed by atoms with Crippen LogP contribution in [0.2, 0.25) is 0 Å². The van der Waals surface area contributed by atoms with Gasteiger partial charge in [-0.05, 0) is 20.3 Å². The van der Waals surface area contributed by atoms with E-state index in [-0.39, 0.29) is 38.9 Å². The first-order valence-electron chi connectivity index (χ1n) is 10.6. The van der Waals surface area contributed by atoms with Crippen LogP contribution in [-0.2, 0) is 18.0 Å². The smallest absolute Gasteiger partial charge is 0.380 e. The minimum absolute atomic E-state index is 0.0332. The Labute approximate surface area is 191 Å². The maximum absolute atomic E-state index is 9.52. The first kappa shape index (κ1) is 27.3. The molecule has 0 N–H and O–H groups in total. The first-order valence-corrected chi connectivity index (χ1v) is 12.4. The zero-order chi connectivity index (χ0) is 23.7. The lowest BCUT2D eigenvalue weighted by molar-refractivity contribution is -0.0344. The lowest BCUT2D eigenvalue weighted by Gasteiger charge is -2.41. The van der Waals surface area contributed by atoms with E-state index >= 15 is 0 Å². The molecule has 32 heavy (non-hydrogen) atoms. The third kappa shape index (κ3) is 7.73. The number of nitriles is 4. The predicted octanol–water partition coefficient (Wildman–Crippen LogP) is 3.34. The van der Waals surface area contributed by atoms with E-state index in [0.717, 1.165) is 5.19 Å². The molecule has 0 amide bonds. The van der Waals surface area contributed by atoms with Crippen LogP contribution in [0.15, 0.2) is 30.3 Å². The molecule has 1 aromatic rings. The molecule has 9 heteroatoms. The van der Waals surface area contributed by atoms with Crippen molar-refractivity contribution in [2.24, 2.45) is 5.41 Å². The number of nitrogens with zero attached hydrogens (tertiary/aromatic N) is 4. The van der Waals surface area contributed by atoms with Crippen LogP contribution < -0.4 is 5.19 Å². The number of hydrogen-bond acceptors (Lipinski definition) is 8. The summed E-state index contributed by atoms with van der Waals surface area (Å²) in [7, 11) is -3.44. The molecule has 0 spiro atoms. The summed E-state index contributed by atoms with van der Waals surface area (Å²) >= 11 is 0. The van der Waals surface area contributed by atoms with Gasteiger partial charge in [0.15, 0.2) is 0 Å². The lowest BCUT2D eigenvalue weighted by Crippen LogP contribution is -2.60. The minimum atomic E-state index is -3.44. The predicted molar refractivity (Wildman–Crippen MR) is 119 cm³/mol. The van der Waals surface area contributed by atoms with Gasteiger partial charge in [0, 0.05) is 49.7 Å². The van der Waals surface area contributed by atoms with Gasteiger partial charge in [-0.1, -0.05) is 30.3 Å². The van der Waals surface area contributed by atoms with Crippen molar-refractivity contribution >= 4 is 14.0 Å². The van der Waals surface area contributed by atoms with Crippen molar-refractivity contribution in [1.82, 2.24) is 0 Å².